The largest absolute Gasteiger partial charge is 0.394 e. The maximum absolute atomic E-state index is 12.5. The van der Waals surface area contributed by atoms with Gasteiger partial charge in [-0.05, 0) is 25.0 Å². The van der Waals surface area contributed by atoms with E-state index in [-0.39, 0.29) is 18.6 Å². The van der Waals surface area contributed by atoms with Crippen molar-refractivity contribution in [3.63, 3.8) is 0 Å². The van der Waals surface area contributed by atoms with Gasteiger partial charge in [-0.25, -0.2) is 8.57 Å². The van der Waals surface area contributed by atoms with Crippen LogP contribution in [0.5, 0.6) is 0 Å². The summed E-state index contributed by atoms with van der Waals surface area (Å²) in [6, 6.07) is 7.27. The van der Waals surface area contributed by atoms with E-state index in [9.17, 15) is 9.32 Å². The van der Waals surface area contributed by atoms with Crippen LogP contribution in [0.15, 0.2) is 33.5 Å². The van der Waals surface area contributed by atoms with Crippen molar-refractivity contribution in [3.05, 3.63) is 29.8 Å². The second kappa shape index (κ2) is 5.65. The Hall–Kier alpha value is -0.870. The van der Waals surface area contributed by atoms with Crippen molar-refractivity contribution >= 4 is 9.73 Å². The van der Waals surface area contributed by atoms with Crippen LogP contribution in [0.4, 0.5) is 0 Å². The van der Waals surface area contributed by atoms with Gasteiger partial charge in [-0.15, -0.1) is 0 Å². The molecule has 2 atom stereocenters. The molecule has 4 heteroatoms. The molecule has 1 aromatic rings. The minimum absolute atomic E-state index is 0.0612. The molecule has 0 aromatic heterocycles. The molecular weight excluding hydrogens is 234 g/mol. The summed E-state index contributed by atoms with van der Waals surface area (Å²) >= 11 is 0. The highest BCUT2D eigenvalue weighted by molar-refractivity contribution is 7.93. The molecule has 17 heavy (non-hydrogen) atoms. The Morgan fingerprint density at radius 2 is 1.82 bits per heavy atom. The fourth-order valence-electron chi connectivity index (χ4n) is 1.48. The highest BCUT2D eigenvalue weighted by Gasteiger charge is 2.14. The van der Waals surface area contributed by atoms with Crippen molar-refractivity contribution in [2.24, 2.45) is 10.3 Å². The number of nitrogens with zero attached hydrogens (tertiary/aromatic N) is 1. The van der Waals surface area contributed by atoms with Crippen molar-refractivity contribution in [3.8, 4) is 0 Å². The molecule has 1 rings (SSSR count). The number of hydrogen-bond donors (Lipinski definition) is 1. The molecule has 0 amide bonds. The van der Waals surface area contributed by atoms with Gasteiger partial charge in [0.05, 0.1) is 22.4 Å². The molecule has 1 unspecified atom stereocenters. The molecule has 0 spiro atoms. The summed E-state index contributed by atoms with van der Waals surface area (Å²) in [5.74, 6) is 0.186. The van der Waals surface area contributed by atoms with Crippen LogP contribution in [-0.4, -0.2) is 28.2 Å². The lowest BCUT2D eigenvalue weighted by Gasteiger charge is -2.15. The van der Waals surface area contributed by atoms with E-state index in [1.165, 1.54) is 0 Å². The molecule has 3 nitrogen and oxygen atoms in total. The van der Waals surface area contributed by atoms with E-state index in [1.54, 1.807) is 6.26 Å². The summed E-state index contributed by atoms with van der Waals surface area (Å²) in [4.78, 5) is 0.724. The first kappa shape index (κ1) is 14.2. The van der Waals surface area contributed by atoms with E-state index in [0.717, 1.165) is 10.5 Å². The molecule has 0 saturated carbocycles. The van der Waals surface area contributed by atoms with Crippen LogP contribution in [0.25, 0.3) is 0 Å². The monoisotopic (exact) mass is 255 g/mol. The van der Waals surface area contributed by atoms with Crippen LogP contribution >= 0.6 is 0 Å². The van der Waals surface area contributed by atoms with Gasteiger partial charge in [-0.2, -0.15) is 0 Å². The smallest absolute Gasteiger partial charge is 0.0850 e. The van der Waals surface area contributed by atoms with Gasteiger partial charge in [0, 0.05) is 11.2 Å². The third-order valence-corrected chi connectivity index (χ3v) is 4.57. The molecule has 0 saturated heterocycles. The number of rotatable bonds is 4. The highest BCUT2D eigenvalue weighted by Crippen LogP contribution is 2.16. The molecule has 0 aliphatic rings. The van der Waals surface area contributed by atoms with Crippen molar-refractivity contribution in [1.82, 2.24) is 0 Å². The predicted molar refractivity (Wildman–Crippen MR) is 71.7 cm³/mol. The van der Waals surface area contributed by atoms with Crippen molar-refractivity contribution < 1.29 is 9.32 Å². The predicted octanol–water partition coefficient (Wildman–Crippen LogP) is 2.47. The minimum atomic E-state index is -2.42. The summed E-state index contributed by atoms with van der Waals surface area (Å²) in [5.41, 5.74) is 1.13. The quantitative estimate of drug-likeness (QED) is 0.898. The molecule has 0 bridgehead atoms. The topological polar surface area (TPSA) is 49.7 Å². The summed E-state index contributed by atoms with van der Waals surface area (Å²) in [7, 11) is -2.42. The Labute approximate surface area is 104 Å². The maximum Gasteiger partial charge on any atom is 0.0850 e. The molecule has 96 valence electrons. The zero-order chi connectivity index (χ0) is 13.1. The average molecular weight is 255 g/mol. The van der Waals surface area contributed by atoms with Gasteiger partial charge in [-0.3, -0.25) is 0 Å². The van der Waals surface area contributed by atoms with E-state index in [2.05, 4.69) is 4.36 Å². The summed E-state index contributed by atoms with van der Waals surface area (Å²) in [5, 5.41) is 9.23. The zero-order valence-corrected chi connectivity index (χ0v) is 11.7. The Morgan fingerprint density at radius 3 is 2.24 bits per heavy atom. The van der Waals surface area contributed by atoms with E-state index in [4.69, 9.17) is 0 Å². The van der Waals surface area contributed by atoms with Crippen LogP contribution in [0, 0.1) is 12.8 Å². The normalized spacial score (nSPS) is 16.6. The fraction of sp³-hybridized carbons (Fsp3) is 0.538. The highest BCUT2D eigenvalue weighted by atomic mass is 32.2. The summed E-state index contributed by atoms with van der Waals surface area (Å²) in [6.45, 7) is 5.86. The van der Waals surface area contributed by atoms with Crippen molar-refractivity contribution in [1.29, 1.82) is 0 Å². The number of hydrogen-bond acceptors (Lipinski definition) is 3. The Bertz CT molecular complexity index is 471. The van der Waals surface area contributed by atoms with Gasteiger partial charge in [0.1, 0.15) is 0 Å². The van der Waals surface area contributed by atoms with E-state index < -0.39 is 9.73 Å². The molecule has 0 radical (unpaired) electrons. The first-order valence-corrected chi connectivity index (χ1v) is 7.68. The van der Waals surface area contributed by atoms with Crippen LogP contribution < -0.4 is 0 Å². The van der Waals surface area contributed by atoms with Gasteiger partial charge in [0.25, 0.3) is 0 Å². The van der Waals surface area contributed by atoms with Crippen LogP contribution in [0.1, 0.15) is 19.4 Å². The standard InChI is InChI=1S/C13H21NO2S/c1-10(2)13(9-15)14-17(4,16)12-7-5-11(3)6-8-12/h5-8,10,13,15H,9H2,1-4H3/t13-,17?/m1/s1. The van der Waals surface area contributed by atoms with Gasteiger partial charge in [-0.1, -0.05) is 31.5 Å². The van der Waals surface area contributed by atoms with E-state index >= 15 is 0 Å². The first-order chi connectivity index (χ1) is 7.86. The Balaban J connectivity index is 3.13. The molecule has 1 N–H and O–H groups in total. The Morgan fingerprint density at radius 1 is 1.29 bits per heavy atom. The second-order valence-electron chi connectivity index (χ2n) is 4.71. The molecule has 0 aliphatic heterocycles. The molecular formula is C13H21NO2S. The maximum atomic E-state index is 12.5. The molecule has 1 aromatic carbocycles. The number of aryl methyl sites for hydroxylation is 1. The third kappa shape index (κ3) is 3.82. The van der Waals surface area contributed by atoms with Gasteiger partial charge >= 0.3 is 0 Å². The average Bonchev–Trinajstić information content (AvgIpc) is 2.26. The molecule has 0 heterocycles. The molecule has 0 aliphatic carbocycles. The number of aliphatic hydroxyl groups excluding tert-OH is 1. The van der Waals surface area contributed by atoms with Crippen LogP contribution in [0.2, 0.25) is 0 Å². The Kier molecular flexibility index (Phi) is 4.71. The van der Waals surface area contributed by atoms with Crippen molar-refractivity contribution in [2.75, 3.05) is 12.9 Å². The molecule has 0 fully saturated rings. The lowest BCUT2D eigenvalue weighted by atomic mass is 10.1. The van der Waals surface area contributed by atoms with E-state index in [1.807, 2.05) is 45.0 Å². The van der Waals surface area contributed by atoms with Gasteiger partial charge < -0.3 is 5.11 Å². The van der Waals surface area contributed by atoms with Crippen LogP contribution in [0.3, 0.4) is 0 Å². The SMILES string of the molecule is Cc1ccc(S(C)(=O)=N[C@H](CO)C(C)C)cc1. The lowest BCUT2D eigenvalue weighted by Crippen LogP contribution is -2.19. The summed E-state index contributed by atoms with van der Waals surface area (Å²) in [6.07, 6.45) is 1.63. The first-order valence-electron chi connectivity index (χ1n) is 5.75. The van der Waals surface area contributed by atoms with Crippen LogP contribution in [-0.2, 0) is 9.73 Å². The van der Waals surface area contributed by atoms with Gasteiger partial charge in [0.15, 0.2) is 0 Å². The third-order valence-electron chi connectivity index (χ3n) is 2.75. The second-order valence-corrected chi connectivity index (χ2v) is 7.00. The lowest BCUT2D eigenvalue weighted by molar-refractivity contribution is 0.241. The minimum Gasteiger partial charge on any atom is -0.394 e. The van der Waals surface area contributed by atoms with E-state index in [0.29, 0.717) is 0 Å². The number of benzene rings is 1. The fourth-order valence-corrected chi connectivity index (χ4v) is 3.07. The van der Waals surface area contributed by atoms with Crippen molar-refractivity contribution in [2.45, 2.75) is 31.7 Å². The number of aliphatic hydroxyl groups is 1. The zero-order valence-electron chi connectivity index (χ0n) is 10.9. The summed E-state index contributed by atoms with van der Waals surface area (Å²) < 4.78 is 16.8. The van der Waals surface area contributed by atoms with Gasteiger partial charge in [0.2, 0.25) is 0 Å².